The van der Waals surface area contributed by atoms with E-state index in [1.807, 2.05) is 25.5 Å². The average Bonchev–Trinajstić information content (AvgIpc) is 2.25. The molecule has 1 atom stereocenters. The molecule has 0 fully saturated rings. The lowest BCUT2D eigenvalue weighted by molar-refractivity contribution is 0.519. The van der Waals surface area contributed by atoms with Crippen LogP contribution in [0.25, 0.3) is 0 Å². The first-order chi connectivity index (χ1) is 7.22. The van der Waals surface area contributed by atoms with Crippen LogP contribution in [0.1, 0.15) is 25.3 Å². The van der Waals surface area contributed by atoms with E-state index in [0.29, 0.717) is 6.04 Å². The van der Waals surface area contributed by atoms with Gasteiger partial charge in [0.25, 0.3) is 0 Å². The first-order valence-corrected chi connectivity index (χ1v) is 5.43. The largest absolute Gasteiger partial charge is 0.317 e. The predicted molar refractivity (Wildman–Crippen MR) is 64.8 cm³/mol. The van der Waals surface area contributed by atoms with Crippen molar-refractivity contribution in [2.75, 3.05) is 7.05 Å². The zero-order chi connectivity index (χ0) is 11.1. The minimum Gasteiger partial charge on any atom is -0.317 e. The minimum atomic E-state index is 0.519. The van der Waals surface area contributed by atoms with Crippen LogP contribution < -0.4 is 5.32 Å². The van der Waals surface area contributed by atoms with Gasteiger partial charge in [-0.1, -0.05) is 11.6 Å². The highest BCUT2D eigenvalue weighted by Gasteiger charge is 2.06. The summed E-state index contributed by atoms with van der Waals surface area (Å²) in [6, 6.07) is 4.63. The van der Waals surface area contributed by atoms with E-state index >= 15 is 0 Å². The summed E-state index contributed by atoms with van der Waals surface area (Å²) in [5.41, 5.74) is 2.54. The molecule has 0 aliphatic carbocycles. The number of nitrogens with one attached hydrogen (secondary N) is 1. The molecule has 0 aromatic carbocycles. The van der Waals surface area contributed by atoms with Gasteiger partial charge in [-0.15, -0.1) is 6.58 Å². The quantitative estimate of drug-likeness (QED) is 0.720. The summed E-state index contributed by atoms with van der Waals surface area (Å²) in [6.07, 6.45) is 7.01. The molecule has 0 bridgehead atoms. The number of allylic oxidation sites excluding steroid dienone is 1. The van der Waals surface area contributed by atoms with Crippen LogP contribution in [0.15, 0.2) is 36.7 Å². The molecule has 0 spiro atoms. The second-order valence-electron chi connectivity index (χ2n) is 4.05. The lowest BCUT2D eigenvalue weighted by Crippen LogP contribution is -2.27. The van der Waals surface area contributed by atoms with Gasteiger partial charge in [0, 0.05) is 18.4 Å². The Morgan fingerprint density at radius 2 is 2.40 bits per heavy atom. The van der Waals surface area contributed by atoms with Gasteiger partial charge >= 0.3 is 0 Å². The summed E-state index contributed by atoms with van der Waals surface area (Å²) in [4.78, 5) is 4.12. The molecule has 1 aromatic heterocycles. The summed E-state index contributed by atoms with van der Waals surface area (Å²) >= 11 is 0. The number of nitrogens with zero attached hydrogens (tertiary/aromatic N) is 1. The van der Waals surface area contributed by atoms with Gasteiger partial charge in [-0.3, -0.25) is 4.98 Å². The van der Waals surface area contributed by atoms with Gasteiger partial charge in [0.1, 0.15) is 0 Å². The van der Waals surface area contributed by atoms with Gasteiger partial charge in [-0.2, -0.15) is 0 Å². The van der Waals surface area contributed by atoms with E-state index < -0.39 is 0 Å². The second kappa shape index (κ2) is 6.36. The van der Waals surface area contributed by atoms with Crippen molar-refractivity contribution < 1.29 is 0 Å². The van der Waals surface area contributed by atoms with Crippen LogP contribution in [0, 0.1) is 0 Å². The molecule has 1 rings (SSSR count). The SMILES string of the molecule is C=C(C)CCC(Cc1cccnc1)NC. The molecular weight excluding hydrogens is 184 g/mol. The summed E-state index contributed by atoms with van der Waals surface area (Å²) in [5, 5.41) is 3.34. The fraction of sp³-hybridized carbons (Fsp3) is 0.462. The number of aromatic nitrogens is 1. The Bertz CT molecular complexity index is 293. The third-order valence-electron chi connectivity index (χ3n) is 2.53. The van der Waals surface area contributed by atoms with Crippen molar-refractivity contribution in [1.82, 2.24) is 10.3 Å². The predicted octanol–water partition coefficient (Wildman–Crippen LogP) is 2.57. The topological polar surface area (TPSA) is 24.9 Å². The maximum absolute atomic E-state index is 4.12. The van der Waals surface area contributed by atoms with Crippen LogP contribution in [-0.2, 0) is 6.42 Å². The van der Waals surface area contributed by atoms with Crippen molar-refractivity contribution in [1.29, 1.82) is 0 Å². The molecule has 0 aliphatic rings. The Labute approximate surface area is 92.4 Å². The van der Waals surface area contributed by atoms with Crippen molar-refractivity contribution >= 4 is 0 Å². The van der Waals surface area contributed by atoms with E-state index in [4.69, 9.17) is 0 Å². The number of hydrogen-bond acceptors (Lipinski definition) is 2. The van der Waals surface area contributed by atoms with Crippen molar-refractivity contribution in [3.05, 3.63) is 42.2 Å². The number of rotatable bonds is 6. The van der Waals surface area contributed by atoms with E-state index in [1.54, 1.807) is 0 Å². The van der Waals surface area contributed by atoms with E-state index in [-0.39, 0.29) is 0 Å². The van der Waals surface area contributed by atoms with Gasteiger partial charge in [-0.05, 0) is 44.9 Å². The molecule has 1 unspecified atom stereocenters. The first kappa shape index (κ1) is 11.9. The summed E-state index contributed by atoms with van der Waals surface area (Å²) in [7, 11) is 2.01. The number of pyridine rings is 1. The molecule has 82 valence electrons. The van der Waals surface area contributed by atoms with Crippen LogP contribution in [0.3, 0.4) is 0 Å². The van der Waals surface area contributed by atoms with Gasteiger partial charge in [-0.25, -0.2) is 0 Å². The fourth-order valence-electron chi connectivity index (χ4n) is 1.57. The highest BCUT2D eigenvalue weighted by Crippen LogP contribution is 2.09. The van der Waals surface area contributed by atoms with Gasteiger partial charge in [0.05, 0.1) is 0 Å². The number of hydrogen-bond donors (Lipinski definition) is 1. The first-order valence-electron chi connectivity index (χ1n) is 5.43. The summed E-state index contributed by atoms with van der Waals surface area (Å²) in [5.74, 6) is 0. The van der Waals surface area contributed by atoms with Crippen LogP contribution in [0.5, 0.6) is 0 Å². The van der Waals surface area contributed by atoms with Crippen LogP contribution in [0.2, 0.25) is 0 Å². The fourth-order valence-corrected chi connectivity index (χ4v) is 1.57. The third-order valence-corrected chi connectivity index (χ3v) is 2.53. The zero-order valence-electron chi connectivity index (χ0n) is 9.66. The Balaban J connectivity index is 2.43. The molecule has 0 radical (unpaired) electrons. The lowest BCUT2D eigenvalue weighted by Gasteiger charge is -2.15. The molecule has 2 nitrogen and oxygen atoms in total. The van der Waals surface area contributed by atoms with E-state index in [9.17, 15) is 0 Å². The van der Waals surface area contributed by atoms with Crippen molar-refractivity contribution in [3.8, 4) is 0 Å². The molecule has 0 saturated heterocycles. The Morgan fingerprint density at radius 1 is 1.60 bits per heavy atom. The maximum Gasteiger partial charge on any atom is 0.0300 e. The van der Waals surface area contributed by atoms with Crippen LogP contribution in [0.4, 0.5) is 0 Å². The Morgan fingerprint density at radius 3 is 2.93 bits per heavy atom. The molecule has 1 N–H and O–H groups in total. The highest BCUT2D eigenvalue weighted by atomic mass is 14.9. The smallest absolute Gasteiger partial charge is 0.0300 e. The summed E-state index contributed by atoms with van der Waals surface area (Å²) < 4.78 is 0. The maximum atomic E-state index is 4.12. The molecule has 0 aliphatic heterocycles. The van der Waals surface area contributed by atoms with Gasteiger partial charge < -0.3 is 5.32 Å². The van der Waals surface area contributed by atoms with Gasteiger partial charge in [0.2, 0.25) is 0 Å². The van der Waals surface area contributed by atoms with E-state index in [0.717, 1.165) is 19.3 Å². The third kappa shape index (κ3) is 4.75. The van der Waals surface area contributed by atoms with Crippen molar-refractivity contribution in [3.63, 3.8) is 0 Å². The molecule has 1 heterocycles. The Kier molecular flexibility index (Phi) is 5.05. The van der Waals surface area contributed by atoms with E-state index in [2.05, 4.69) is 29.9 Å². The van der Waals surface area contributed by atoms with Crippen LogP contribution >= 0.6 is 0 Å². The average molecular weight is 204 g/mol. The van der Waals surface area contributed by atoms with Gasteiger partial charge in [0.15, 0.2) is 0 Å². The second-order valence-corrected chi connectivity index (χ2v) is 4.05. The molecule has 2 heteroatoms. The molecule has 0 amide bonds. The summed E-state index contributed by atoms with van der Waals surface area (Å²) in [6.45, 7) is 6.01. The van der Waals surface area contributed by atoms with E-state index in [1.165, 1.54) is 11.1 Å². The normalized spacial score (nSPS) is 12.4. The molecule has 1 aromatic rings. The lowest BCUT2D eigenvalue weighted by atomic mass is 10.0. The zero-order valence-corrected chi connectivity index (χ0v) is 9.66. The Hall–Kier alpha value is -1.15. The monoisotopic (exact) mass is 204 g/mol. The molecular formula is C13H20N2. The standard InChI is InChI=1S/C13H20N2/c1-11(2)6-7-13(14-3)9-12-5-4-8-15-10-12/h4-5,8,10,13-14H,1,6-7,9H2,2-3H3. The highest BCUT2D eigenvalue weighted by molar-refractivity contribution is 5.10. The van der Waals surface area contributed by atoms with Crippen molar-refractivity contribution in [2.24, 2.45) is 0 Å². The number of likely N-dealkylation sites (N-methyl/N-ethyl adjacent to an activating group) is 1. The minimum absolute atomic E-state index is 0.519. The van der Waals surface area contributed by atoms with Crippen molar-refractivity contribution in [2.45, 2.75) is 32.2 Å². The molecule has 0 saturated carbocycles. The molecule has 15 heavy (non-hydrogen) atoms. The van der Waals surface area contributed by atoms with Crippen LogP contribution in [-0.4, -0.2) is 18.1 Å².